The highest BCUT2D eigenvalue weighted by Gasteiger charge is 2.43. The Labute approximate surface area is 216 Å². The van der Waals surface area contributed by atoms with Crippen LogP contribution in [0, 0.1) is 11.6 Å². The number of hydrogen-bond donors (Lipinski definition) is 2. The Morgan fingerprint density at radius 2 is 1.81 bits per heavy atom. The average Bonchev–Trinajstić information content (AvgIpc) is 3.10. The zero-order valence-electron chi connectivity index (χ0n) is 20.2. The molecule has 3 heterocycles. The number of carbonyl (C=O) groups excluding carboxylic acids is 2. The molecule has 0 saturated carbocycles. The van der Waals surface area contributed by atoms with Crippen molar-refractivity contribution in [2.24, 2.45) is 0 Å². The van der Waals surface area contributed by atoms with Gasteiger partial charge in [-0.15, -0.1) is 0 Å². The van der Waals surface area contributed by atoms with E-state index in [1.54, 1.807) is 12.1 Å². The molecule has 2 aliphatic heterocycles. The fraction of sp³-hybridized carbons (Fsp3) is 0.480. The summed E-state index contributed by atoms with van der Waals surface area (Å²) in [6.07, 6.45) is 1.85. The summed E-state index contributed by atoms with van der Waals surface area (Å²) in [4.78, 5) is 31.6. The van der Waals surface area contributed by atoms with Crippen molar-refractivity contribution in [1.29, 1.82) is 0 Å². The standard InChI is InChI=1S/C25H27ClF4N4O3/c1-25(2,37-20-10-19(28)18(27)9-17(20)26)24(36)33-14-7-15-4-5-16(8-14)34(15)22-6-3-13(11-31-22)23(35)32-12-21(29)30/h3,6,9-11,14-16,21H,4-5,7-8,12H2,1-2H3,(H,32,35)(H,33,36). The number of nitrogens with zero attached hydrogens (tertiary/aromatic N) is 2. The van der Waals surface area contributed by atoms with E-state index in [1.165, 1.54) is 20.0 Å². The molecule has 2 saturated heterocycles. The Hall–Kier alpha value is -3.08. The number of amides is 2. The topological polar surface area (TPSA) is 83.6 Å². The number of halogens is 5. The molecule has 12 heteroatoms. The lowest BCUT2D eigenvalue weighted by Crippen LogP contribution is -2.55. The van der Waals surface area contributed by atoms with Gasteiger partial charge in [0.2, 0.25) is 0 Å². The van der Waals surface area contributed by atoms with Crippen molar-refractivity contribution in [1.82, 2.24) is 15.6 Å². The number of hydrogen-bond acceptors (Lipinski definition) is 5. The van der Waals surface area contributed by atoms with Gasteiger partial charge in [-0.3, -0.25) is 9.59 Å². The molecular weight excluding hydrogens is 516 g/mol. The number of carbonyl (C=O) groups is 2. The van der Waals surface area contributed by atoms with Crippen molar-refractivity contribution >= 4 is 29.2 Å². The average molecular weight is 543 g/mol. The van der Waals surface area contributed by atoms with Crippen LogP contribution in [0.25, 0.3) is 0 Å². The number of benzene rings is 1. The van der Waals surface area contributed by atoms with Crippen LogP contribution in [-0.4, -0.2) is 53.5 Å². The molecule has 2 unspecified atom stereocenters. The van der Waals surface area contributed by atoms with E-state index in [-0.39, 0.29) is 34.5 Å². The van der Waals surface area contributed by atoms with Gasteiger partial charge < -0.3 is 20.3 Å². The molecule has 37 heavy (non-hydrogen) atoms. The summed E-state index contributed by atoms with van der Waals surface area (Å²) in [5.74, 6) is -2.72. The number of anilines is 1. The number of piperidine rings is 1. The van der Waals surface area contributed by atoms with E-state index < -0.39 is 42.0 Å². The van der Waals surface area contributed by atoms with Crippen LogP contribution < -0.4 is 20.3 Å². The highest BCUT2D eigenvalue weighted by atomic mass is 35.5. The molecule has 2 amide bonds. The summed E-state index contributed by atoms with van der Waals surface area (Å²) >= 11 is 5.95. The van der Waals surface area contributed by atoms with Crippen LogP contribution in [0.3, 0.4) is 0 Å². The molecule has 2 bridgehead atoms. The molecule has 2 fully saturated rings. The molecule has 0 spiro atoms. The normalized spacial score (nSPS) is 21.2. The Kier molecular flexibility index (Phi) is 7.82. The fourth-order valence-corrected chi connectivity index (χ4v) is 5.07. The second kappa shape index (κ2) is 10.7. The Morgan fingerprint density at radius 3 is 2.41 bits per heavy atom. The number of ether oxygens (including phenoxy) is 1. The van der Waals surface area contributed by atoms with E-state index in [0.717, 1.165) is 25.0 Å². The minimum atomic E-state index is -2.63. The SMILES string of the molecule is CC(C)(Oc1cc(F)c(F)cc1Cl)C(=O)NC1CC2CCC(C1)N2c1ccc(C(=O)NCC(F)F)cn1. The van der Waals surface area contributed by atoms with Gasteiger partial charge in [0.05, 0.1) is 17.1 Å². The van der Waals surface area contributed by atoms with Crippen LogP contribution in [-0.2, 0) is 4.79 Å². The van der Waals surface area contributed by atoms with Crippen molar-refractivity contribution in [3.05, 3.63) is 52.7 Å². The summed E-state index contributed by atoms with van der Waals surface area (Å²) in [6.45, 7) is 2.32. The minimum absolute atomic E-state index is 0.111. The van der Waals surface area contributed by atoms with E-state index in [1.807, 2.05) is 0 Å². The first-order chi connectivity index (χ1) is 17.4. The first kappa shape index (κ1) is 27.0. The van der Waals surface area contributed by atoms with Crippen molar-refractivity contribution in [3.8, 4) is 5.75 Å². The lowest BCUT2D eigenvalue weighted by molar-refractivity contribution is -0.135. The molecule has 2 aromatic rings. The monoisotopic (exact) mass is 542 g/mol. The molecular formula is C25H27ClF4N4O3. The number of aromatic nitrogens is 1. The summed E-state index contributed by atoms with van der Waals surface area (Å²) in [5.41, 5.74) is -1.20. The number of alkyl halides is 2. The van der Waals surface area contributed by atoms with Gasteiger partial charge in [0, 0.05) is 30.4 Å². The number of nitrogens with one attached hydrogen (secondary N) is 2. The number of pyridine rings is 1. The second-order valence-electron chi connectivity index (χ2n) is 9.75. The zero-order chi connectivity index (χ0) is 26.9. The first-order valence-electron chi connectivity index (χ1n) is 11.9. The van der Waals surface area contributed by atoms with E-state index in [9.17, 15) is 27.2 Å². The van der Waals surface area contributed by atoms with Gasteiger partial charge in [-0.25, -0.2) is 22.5 Å². The molecule has 7 nitrogen and oxygen atoms in total. The zero-order valence-corrected chi connectivity index (χ0v) is 21.0. The van der Waals surface area contributed by atoms with Crippen LogP contribution in [0.1, 0.15) is 49.9 Å². The molecule has 0 aliphatic carbocycles. The van der Waals surface area contributed by atoms with Gasteiger partial charge in [0.25, 0.3) is 18.2 Å². The van der Waals surface area contributed by atoms with Gasteiger partial charge >= 0.3 is 0 Å². The molecule has 0 radical (unpaired) electrons. The van der Waals surface area contributed by atoms with E-state index in [0.29, 0.717) is 18.7 Å². The van der Waals surface area contributed by atoms with Gasteiger partial charge in [-0.1, -0.05) is 11.6 Å². The lowest BCUT2D eigenvalue weighted by atomic mass is 9.96. The highest BCUT2D eigenvalue weighted by molar-refractivity contribution is 6.32. The summed E-state index contributed by atoms with van der Waals surface area (Å²) in [7, 11) is 0. The summed E-state index contributed by atoms with van der Waals surface area (Å²) < 4.78 is 57.3. The second-order valence-corrected chi connectivity index (χ2v) is 10.2. The van der Waals surface area contributed by atoms with Crippen molar-refractivity contribution in [2.45, 2.75) is 69.7 Å². The Bertz CT molecular complexity index is 1150. The quantitative estimate of drug-likeness (QED) is 0.380. The molecule has 1 aromatic carbocycles. The van der Waals surface area contributed by atoms with Crippen LogP contribution >= 0.6 is 11.6 Å². The van der Waals surface area contributed by atoms with Crippen LogP contribution in [0.2, 0.25) is 5.02 Å². The smallest absolute Gasteiger partial charge is 0.263 e. The van der Waals surface area contributed by atoms with Crippen molar-refractivity contribution < 1.29 is 31.9 Å². The maximum Gasteiger partial charge on any atom is 0.263 e. The number of fused-ring (bicyclic) bond motifs is 2. The number of rotatable bonds is 8. The maximum atomic E-state index is 13.6. The summed E-state index contributed by atoms with van der Waals surface area (Å²) in [5, 5.41) is 5.02. The molecule has 2 N–H and O–H groups in total. The van der Waals surface area contributed by atoms with Crippen LogP contribution in [0.15, 0.2) is 30.5 Å². The molecule has 1 aromatic heterocycles. The van der Waals surface area contributed by atoms with Gasteiger partial charge in [-0.05, 0) is 57.7 Å². The molecule has 2 atom stereocenters. The van der Waals surface area contributed by atoms with E-state index >= 15 is 0 Å². The lowest BCUT2D eigenvalue weighted by Gasteiger charge is -2.40. The van der Waals surface area contributed by atoms with E-state index in [2.05, 4.69) is 20.5 Å². The van der Waals surface area contributed by atoms with Crippen LogP contribution in [0.5, 0.6) is 5.75 Å². The third-order valence-corrected chi connectivity index (χ3v) is 6.94. The predicted octanol–water partition coefficient (Wildman–Crippen LogP) is 4.48. The predicted molar refractivity (Wildman–Crippen MR) is 129 cm³/mol. The van der Waals surface area contributed by atoms with Crippen LogP contribution in [0.4, 0.5) is 23.4 Å². The van der Waals surface area contributed by atoms with Gasteiger partial charge in [0.15, 0.2) is 17.2 Å². The van der Waals surface area contributed by atoms with Crippen molar-refractivity contribution in [3.63, 3.8) is 0 Å². The Morgan fingerprint density at radius 1 is 1.16 bits per heavy atom. The molecule has 200 valence electrons. The molecule has 4 rings (SSSR count). The van der Waals surface area contributed by atoms with Crippen molar-refractivity contribution in [2.75, 3.05) is 11.4 Å². The third-order valence-electron chi connectivity index (χ3n) is 6.65. The first-order valence-corrected chi connectivity index (χ1v) is 12.3. The maximum absolute atomic E-state index is 13.6. The highest BCUT2D eigenvalue weighted by Crippen LogP contribution is 2.39. The Balaban J connectivity index is 1.37. The minimum Gasteiger partial charge on any atom is -0.476 e. The van der Waals surface area contributed by atoms with E-state index in [4.69, 9.17) is 16.3 Å². The largest absolute Gasteiger partial charge is 0.476 e. The van der Waals surface area contributed by atoms with Gasteiger partial charge in [0.1, 0.15) is 11.6 Å². The third kappa shape index (κ3) is 6.08. The summed E-state index contributed by atoms with van der Waals surface area (Å²) in [6, 6.07) is 4.95. The fourth-order valence-electron chi connectivity index (χ4n) is 4.88. The molecule has 2 aliphatic rings. The van der Waals surface area contributed by atoms with Gasteiger partial charge in [-0.2, -0.15) is 0 Å².